The van der Waals surface area contributed by atoms with Gasteiger partial charge in [0.05, 0.1) is 0 Å². The predicted octanol–water partition coefficient (Wildman–Crippen LogP) is 1.68. The number of nitrogens with zero attached hydrogens (tertiary/aromatic N) is 2. The maximum Gasteiger partial charge on any atom is 0.420 e. The molecular formula is C5H3F3IN3. The van der Waals surface area contributed by atoms with Crippen molar-refractivity contribution in [2.45, 2.75) is 6.18 Å². The summed E-state index contributed by atoms with van der Waals surface area (Å²) in [7, 11) is 0. The summed E-state index contributed by atoms with van der Waals surface area (Å²) in [6.07, 6.45) is -4.46. The van der Waals surface area contributed by atoms with Gasteiger partial charge in [-0.2, -0.15) is 13.2 Å². The van der Waals surface area contributed by atoms with E-state index in [-0.39, 0.29) is 3.70 Å². The third-order valence-corrected chi connectivity index (χ3v) is 1.63. The number of rotatable bonds is 0. The third kappa shape index (κ3) is 1.96. The Morgan fingerprint density at radius 3 is 2.33 bits per heavy atom. The molecule has 0 saturated carbocycles. The molecule has 3 nitrogen and oxygen atoms in total. The summed E-state index contributed by atoms with van der Waals surface area (Å²) in [5, 5.41) is 6.51. The molecule has 66 valence electrons. The molecule has 1 aromatic rings. The van der Waals surface area contributed by atoms with Crippen molar-refractivity contribution in [1.29, 1.82) is 0 Å². The number of alkyl halides is 3. The predicted molar refractivity (Wildman–Crippen MR) is 44.2 cm³/mol. The van der Waals surface area contributed by atoms with Crippen LogP contribution in [-0.2, 0) is 6.18 Å². The van der Waals surface area contributed by atoms with Crippen molar-refractivity contribution in [3.05, 3.63) is 15.3 Å². The first-order valence-corrected chi connectivity index (χ1v) is 3.85. The molecule has 0 atom stereocenters. The van der Waals surface area contributed by atoms with Crippen LogP contribution in [0.15, 0.2) is 6.07 Å². The lowest BCUT2D eigenvalue weighted by Gasteiger charge is -2.07. The van der Waals surface area contributed by atoms with E-state index in [2.05, 4.69) is 10.2 Å². The Labute approximate surface area is 79.3 Å². The van der Waals surface area contributed by atoms with E-state index >= 15 is 0 Å². The molecule has 0 aromatic carbocycles. The van der Waals surface area contributed by atoms with Crippen LogP contribution in [0.3, 0.4) is 0 Å². The minimum Gasteiger partial charge on any atom is -0.382 e. The molecule has 0 aliphatic heterocycles. The molecule has 1 heterocycles. The minimum atomic E-state index is -4.46. The van der Waals surface area contributed by atoms with Crippen LogP contribution in [0.2, 0.25) is 0 Å². The van der Waals surface area contributed by atoms with E-state index in [1.54, 1.807) is 22.6 Å². The first-order chi connectivity index (χ1) is 5.41. The Kier molecular flexibility index (Phi) is 2.40. The average molecular weight is 289 g/mol. The fourth-order valence-corrected chi connectivity index (χ4v) is 1.02. The molecule has 2 N–H and O–H groups in total. The molecule has 0 saturated heterocycles. The number of nitrogens with two attached hydrogens (primary N) is 1. The quantitative estimate of drug-likeness (QED) is 0.739. The van der Waals surface area contributed by atoms with Crippen LogP contribution >= 0.6 is 22.6 Å². The van der Waals surface area contributed by atoms with Gasteiger partial charge < -0.3 is 5.73 Å². The Morgan fingerprint density at radius 1 is 1.33 bits per heavy atom. The van der Waals surface area contributed by atoms with Crippen LogP contribution in [0.5, 0.6) is 0 Å². The fraction of sp³-hybridized carbons (Fsp3) is 0.200. The normalized spacial score (nSPS) is 11.7. The molecule has 1 rings (SSSR count). The molecule has 0 amide bonds. The highest BCUT2D eigenvalue weighted by Gasteiger charge is 2.34. The molecule has 1 aromatic heterocycles. The van der Waals surface area contributed by atoms with Crippen LogP contribution in [0.25, 0.3) is 0 Å². The minimum absolute atomic E-state index is 0.161. The summed E-state index contributed by atoms with van der Waals surface area (Å²) < 4.78 is 36.4. The second kappa shape index (κ2) is 3.04. The summed E-state index contributed by atoms with van der Waals surface area (Å²) in [5.41, 5.74) is 4.04. The highest BCUT2D eigenvalue weighted by molar-refractivity contribution is 14.1. The van der Waals surface area contributed by atoms with E-state index in [0.29, 0.717) is 0 Å². The van der Waals surface area contributed by atoms with Crippen molar-refractivity contribution in [3.8, 4) is 0 Å². The number of hydrogen-bond donors (Lipinski definition) is 1. The van der Waals surface area contributed by atoms with E-state index in [1.165, 1.54) is 0 Å². The van der Waals surface area contributed by atoms with Crippen LogP contribution in [-0.4, -0.2) is 10.2 Å². The summed E-state index contributed by atoms with van der Waals surface area (Å²) in [6, 6.07) is 0.850. The van der Waals surface area contributed by atoms with Gasteiger partial charge in [0.1, 0.15) is 9.26 Å². The molecular weight excluding hydrogens is 286 g/mol. The average Bonchev–Trinajstić information content (AvgIpc) is 1.92. The van der Waals surface area contributed by atoms with Gasteiger partial charge in [-0.15, -0.1) is 10.2 Å². The van der Waals surface area contributed by atoms with Gasteiger partial charge in [-0.25, -0.2) is 0 Å². The largest absolute Gasteiger partial charge is 0.420 e. The molecule has 12 heavy (non-hydrogen) atoms. The van der Waals surface area contributed by atoms with Gasteiger partial charge in [0.25, 0.3) is 0 Å². The third-order valence-electron chi connectivity index (χ3n) is 1.10. The van der Waals surface area contributed by atoms with Crippen molar-refractivity contribution < 1.29 is 13.2 Å². The van der Waals surface area contributed by atoms with E-state index in [1.807, 2.05) is 0 Å². The first kappa shape index (κ1) is 9.49. The topological polar surface area (TPSA) is 51.8 Å². The molecule has 0 bridgehead atoms. The summed E-state index contributed by atoms with van der Waals surface area (Å²) in [6.45, 7) is 0. The summed E-state index contributed by atoms with van der Waals surface area (Å²) in [5.74, 6) is -0.595. The lowest BCUT2D eigenvalue weighted by Crippen LogP contribution is -2.11. The monoisotopic (exact) mass is 289 g/mol. The maximum absolute atomic E-state index is 12.1. The highest BCUT2D eigenvalue weighted by atomic mass is 127. The molecule has 0 spiro atoms. The van der Waals surface area contributed by atoms with Crippen molar-refractivity contribution >= 4 is 28.4 Å². The molecule has 7 heteroatoms. The molecule has 0 unspecified atom stereocenters. The Hall–Kier alpha value is -0.600. The number of anilines is 1. The zero-order valence-electron chi connectivity index (χ0n) is 5.56. The number of nitrogen functional groups attached to an aromatic ring is 1. The second-order valence-electron chi connectivity index (χ2n) is 1.96. The number of hydrogen-bond acceptors (Lipinski definition) is 3. The van der Waals surface area contributed by atoms with E-state index in [4.69, 9.17) is 5.73 Å². The van der Waals surface area contributed by atoms with Crippen LogP contribution < -0.4 is 5.73 Å². The second-order valence-corrected chi connectivity index (χ2v) is 3.07. The molecule has 0 aliphatic rings. The summed E-state index contributed by atoms with van der Waals surface area (Å²) >= 11 is 1.63. The van der Waals surface area contributed by atoms with Gasteiger partial charge in [0.15, 0.2) is 5.82 Å². The van der Waals surface area contributed by atoms with Crippen molar-refractivity contribution in [1.82, 2.24) is 10.2 Å². The standard InChI is InChI=1S/C5H3F3IN3/c6-5(7,8)2-1-3(9)11-12-4(2)10/h1H,(H2,10,12). The number of aromatic nitrogens is 2. The van der Waals surface area contributed by atoms with Gasteiger partial charge in [-0.3, -0.25) is 0 Å². The lowest BCUT2D eigenvalue weighted by molar-refractivity contribution is -0.137. The molecule has 0 fully saturated rings. The van der Waals surface area contributed by atoms with Crippen LogP contribution in [0.1, 0.15) is 5.56 Å². The van der Waals surface area contributed by atoms with Crippen LogP contribution in [0.4, 0.5) is 19.0 Å². The Morgan fingerprint density at radius 2 is 1.92 bits per heavy atom. The lowest BCUT2D eigenvalue weighted by atomic mass is 10.3. The zero-order chi connectivity index (χ0) is 9.35. The maximum atomic E-state index is 12.1. The smallest absolute Gasteiger partial charge is 0.382 e. The van der Waals surface area contributed by atoms with Crippen molar-refractivity contribution in [2.75, 3.05) is 5.73 Å². The van der Waals surface area contributed by atoms with Gasteiger partial charge in [0, 0.05) is 0 Å². The fourth-order valence-electron chi connectivity index (χ4n) is 0.604. The van der Waals surface area contributed by atoms with Gasteiger partial charge in [0.2, 0.25) is 0 Å². The van der Waals surface area contributed by atoms with Crippen LogP contribution in [0, 0.1) is 3.70 Å². The van der Waals surface area contributed by atoms with Gasteiger partial charge >= 0.3 is 6.18 Å². The zero-order valence-corrected chi connectivity index (χ0v) is 7.72. The van der Waals surface area contributed by atoms with E-state index in [0.717, 1.165) is 6.07 Å². The SMILES string of the molecule is Nc1nnc(I)cc1C(F)(F)F. The van der Waals surface area contributed by atoms with Crippen molar-refractivity contribution in [3.63, 3.8) is 0 Å². The highest BCUT2D eigenvalue weighted by Crippen LogP contribution is 2.32. The number of halogens is 4. The van der Waals surface area contributed by atoms with Gasteiger partial charge in [-0.05, 0) is 28.7 Å². The Balaban J connectivity index is 3.23. The van der Waals surface area contributed by atoms with Crippen molar-refractivity contribution in [2.24, 2.45) is 0 Å². The Bertz CT molecular complexity index is 298. The first-order valence-electron chi connectivity index (χ1n) is 2.77. The summed E-state index contributed by atoms with van der Waals surface area (Å²) in [4.78, 5) is 0. The molecule has 0 aliphatic carbocycles. The van der Waals surface area contributed by atoms with Gasteiger partial charge in [-0.1, -0.05) is 0 Å². The molecule has 0 radical (unpaired) electrons. The van der Waals surface area contributed by atoms with E-state index in [9.17, 15) is 13.2 Å². The van der Waals surface area contributed by atoms with E-state index < -0.39 is 17.6 Å².